The molecule has 0 spiro atoms. The lowest BCUT2D eigenvalue weighted by Gasteiger charge is -2.18. The lowest BCUT2D eigenvalue weighted by molar-refractivity contribution is -0.141. The molecular formula is C16H25NO2. The first kappa shape index (κ1) is 15.7. The van der Waals surface area contributed by atoms with E-state index in [4.69, 9.17) is 4.74 Å². The SMILES string of the molecule is COC(=O)CC(Cc1ccccc1)NCCC(C)C. The summed E-state index contributed by atoms with van der Waals surface area (Å²) in [5.74, 6) is 0.515. The fourth-order valence-corrected chi connectivity index (χ4v) is 1.98. The normalized spacial score (nSPS) is 12.4. The highest BCUT2D eigenvalue weighted by atomic mass is 16.5. The molecule has 0 amide bonds. The van der Waals surface area contributed by atoms with E-state index >= 15 is 0 Å². The molecule has 1 aromatic carbocycles. The van der Waals surface area contributed by atoms with Crippen LogP contribution >= 0.6 is 0 Å². The Morgan fingerprint density at radius 3 is 2.53 bits per heavy atom. The Hall–Kier alpha value is -1.35. The number of esters is 1. The van der Waals surface area contributed by atoms with Crippen molar-refractivity contribution in [2.24, 2.45) is 5.92 Å². The summed E-state index contributed by atoms with van der Waals surface area (Å²) in [4.78, 5) is 11.4. The predicted octanol–water partition coefficient (Wildman–Crippen LogP) is 2.80. The van der Waals surface area contributed by atoms with Gasteiger partial charge in [0.15, 0.2) is 0 Å². The maximum Gasteiger partial charge on any atom is 0.307 e. The zero-order chi connectivity index (χ0) is 14.1. The van der Waals surface area contributed by atoms with Gasteiger partial charge in [0.25, 0.3) is 0 Å². The third kappa shape index (κ3) is 6.97. The third-order valence-corrected chi connectivity index (χ3v) is 3.12. The van der Waals surface area contributed by atoms with Crippen molar-refractivity contribution >= 4 is 5.97 Å². The molecule has 1 aromatic rings. The van der Waals surface area contributed by atoms with Crippen LogP contribution in [0.5, 0.6) is 0 Å². The first-order valence-corrected chi connectivity index (χ1v) is 6.96. The number of methoxy groups -OCH3 is 1. The Morgan fingerprint density at radius 2 is 1.95 bits per heavy atom. The largest absolute Gasteiger partial charge is 0.469 e. The zero-order valence-corrected chi connectivity index (χ0v) is 12.2. The summed E-state index contributed by atoms with van der Waals surface area (Å²) in [6.45, 7) is 5.34. The molecule has 0 aliphatic heterocycles. The molecule has 0 bridgehead atoms. The molecule has 19 heavy (non-hydrogen) atoms. The van der Waals surface area contributed by atoms with E-state index < -0.39 is 0 Å². The van der Waals surface area contributed by atoms with Gasteiger partial charge >= 0.3 is 5.97 Å². The maximum absolute atomic E-state index is 11.4. The Kier molecular flexibility index (Phi) is 7.19. The van der Waals surface area contributed by atoms with Crippen molar-refractivity contribution < 1.29 is 9.53 Å². The molecular weight excluding hydrogens is 238 g/mol. The second kappa shape index (κ2) is 8.70. The standard InChI is InChI=1S/C16H25NO2/c1-13(2)9-10-17-15(12-16(18)19-3)11-14-7-5-4-6-8-14/h4-8,13,15,17H,9-12H2,1-3H3. The summed E-state index contributed by atoms with van der Waals surface area (Å²) >= 11 is 0. The van der Waals surface area contributed by atoms with E-state index in [0.717, 1.165) is 19.4 Å². The number of benzene rings is 1. The van der Waals surface area contributed by atoms with E-state index in [0.29, 0.717) is 12.3 Å². The monoisotopic (exact) mass is 263 g/mol. The van der Waals surface area contributed by atoms with Gasteiger partial charge in [0.05, 0.1) is 13.5 Å². The predicted molar refractivity (Wildman–Crippen MR) is 78.0 cm³/mol. The van der Waals surface area contributed by atoms with Crippen LogP contribution in [0.25, 0.3) is 0 Å². The molecule has 0 saturated heterocycles. The van der Waals surface area contributed by atoms with Crippen molar-refractivity contribution in [2.45, 2.75) is 39.2 Å². The molecule has 1 atom stereocenters. The van der Waals surface area contributed by atoms with Gasteiger partial charge in [-0.05, 0) is 30.9 Å². The van der Waals surface area contributed by atoms with Gasteiger partial charge < -0.3 is 10.1 Å². The summed E-state index contributed by atoms with van der Waals surface area (Å²) in [5.41, 5.74) is 1.24. The number of hydrogen-bond donors (Lipinski definition) is 1. The van der Waals surface area contributed by atoms with Crippen LogP contribution in [0.1, 0.15) is 32.3 Å². The van der Waals surface area contributed by atoms with Crippen LogP contribution in [0.3, 0.4) is 0 Å². The van der Waals surface area contributed by atoms with Crippen molar-refractivity contribution in [2.75, 3.05) is 13.7 Å². The fraction of sp³-hybridized carbons (Fsp3) is 0.562. The lowest BCUT2D eigenvalue weighted by atomic mass is 10.0. The minimum absolute atomic E-state index is 0.147. The van der Waals surface area contributed by atoms with Crippen molar-refractivity contribution in [3.63, 3.8) is 0 Å². The molecule has 0 heterocycles. The van der Waals surface area contributed by atoms with E-state index in [1.807, 2.05) is 18.2 Å². The van der Waals surface area contributed by atoms with E-state index in [2.05, 4.69) is 31.3 Å². The van der Waals surface area contributed by atoms with E-state index in [-0.39, 0.29) is 12.0 Å². The second-order valence-corrected chi connectivity index (χ2v) is 5.30. The van der Waals surface area contributed by atoms with E-state index in [9.17, 15) is 4.79 Å². The van der Waals surface area contributed by atoms with Crippen molar-refractivity contribution in [1.82, 2.24) is 5.32 Å². The smallest absolute Gasteiger partial charge is 0.307 e. The zero-order valence-electron chi connectivity index (χ0n) is 12.2. The molecule has 1 unspecified atom stereocenters. The molecule has 3 nitrogen and oxygen atoms in total. The van der Waals surface area contributed by atoms with Crippen LogP contribution in [0.15, 0.2) is 30.3 Å². The van der Waals surface area contributed by atoms with Gasteiger partial charge in [-0.2, -0.15) is 0 Å². The summed E-state index contributed by atoms with van der Waals surface area (Å²) in [6.07, 6.45) is 2.39. The topological polar surface area (TPSA) is 38.3 Å². The van der Waals surface area contributed by atoms with Gasteiger partial charge in [0.1, 0.15) is 0 Å². The Labute approximate surface area is 116 Å². The van der Waals surface area contributed by atoms with Crippen molar-refractivity contribution in [1.29, 1.82) is 0 Å². The minimum Gasteiger partial charge on any atom is -0.469 e. The Bertz CT molecular complexity index is 362. The van der Waals surface area contributed by atoms with Gasteiger partial charge in [-0.25, -0.2) is 0 Å². The Morgan fingerprint density at radius 1 is 1.26 bits per heavy atom. The number of ether oxygens (including phenoxy) is 1. The molecule has 106 valence electrons. The highest BCUT2D eigenvalue weighted by Gasteiger charge is 2.14. The number of nitrogens with one attached hydrogen (secondary N) is 1. The van der Waals surface area contributed by atoms with Crippen LogP contribution in [0, 0.1) is 5.92 Å². The number of rotatable bonds is 8. The van der Waals surface area contributed by atoms with Gasteiger partial charge in [-0.3, -0.25) is 4.79 Å². The fourth-order valence-electron chi connectivity index (χ4n) is 1.98. The number of carbonyl (C=O) groups is 1. The molecule has 0 fully saturated rings. The van der Waals surface area contributed by atoms with E-state index in [1.165, 1.54) is 12.7 Å². The quantitative estimate of drug-likeness (QED) is 0.733. The van der Waals surface area contributed by atoms with Crippen LogP contribution in [-0.2, 0) is 16.0 Å². The molecule has 1 N–H and O–H groups in total. The molecule has 0 aliphatic rings. The summed E-state index contributed by atoms with van der Waals surface area (Å²) in [5, 5.41) is 3.46. The van der Waals surface area contributed by atoms with Crippen molar-refractivity contribution in [3.05, 3.63) is 35.9 Å². The van der Waals surface area contributed by atoms with Crippen molar-refractivity contribution in [3.8, 4) is 0 Å². The summed E-state index contributed by atoms with van der Waals surface area (Å²) < 4.78 is 4.77. The first-order chi connectivity index (χ1) is 9.11. The van der Waals surface area contributed by atoms with Crippen LogP contribution in [0.4, 0.5) is 0 Å². The average molecular weight is 263 g/mol. The average Bonchev–Trinajstić information content (AvgIpc) is 2.39. The van der Waals surface area contributed by atoms with Gasteiger partial charge in [-0.15, -0.1) is 0 Å². The number of hydrogen-bond acceptors (Lipinski definition) is 3. The molecule has 0 aliphatic carbocycles. The molecule has 1 rings (SSSR count). The molecule has 0 saturated carbocycles. The molecule has 0 radical (unpaired) electrons. The summed E-state index contributed by atoms with van der Waals surface area (Å²) in [7, 11) is 1.44. The Balaban J connectivity index is 2.51. The highest BCUT2D eigenvalue weighted by Crippen LogP contribution is 2.07. The first-order valence-electron chi connectivity index (χ1n) is 6.96. The highest BCUT2D eigenvalue weighted by molar-refractivity contribution is 5.69. The van der Waals surface area contributed by atoms with Crippen LogP contribution in [-0.4, -0.2) is 25.7 Å². The van der Waals surface area contributed by atoms with Gasteiger partial charge in [-0.1, -0.05) is 44.2 Å². The number of carbonyl (C=O) groups excluding carboxylic acids is 1. The van der Waals surface area contributed by atoms with Crippen LogP contribution < -0.4 is 5.32 Å². The lowest BCUT2D eigenvalue weighted by Crippen LogP contribution is -2.34. The van der Waals surface area contributed by atoms with E-state index in [1.54, 1.807) is 0 Å². The molecule has 0 aromatic heterocycles. The maximum atomic E-state index is 11.4. The summed E-state index contributed by atoms with van der Waals surface area (Å²) in [6, 6.07) is 10.4. The second-order valence-electron chi connectivity index (χ2n) is 5.30. The van der Waals surface area contributed by atoms with Gasteiger partial charge in [0.2, 0.25) is 0 Å². The van der Waals surface area contributed by atoms with Crippen LogP contribution in [0.2, 0.25) is 0 Å². The molecule has 3 heteroatoms. The van der Waals surface area contributed by atoms with Gasteiger partial charge in [0, 0.05) is 6.04 Å². The third-order valence-electron chi connectivity index (χ3n) is 3.12. The minimum atomic E-state index is -0.155.